The van der Waals surface area contributed by atoms with E-state index in [1.165, 1.54) is 19.3 Å². The van der Waals surface area contributed by atoms with Crippen molar-refractivity contribution in [2.75, 3.05) is 18.0 Å². The smallest absolute Gasteiger partial charge is 0.339 e. The molecule has 1 aromatic heterocycles. The van der Waals surface area contributed by atoms with Gasteiger partial charge in [0, 0.05) is 13.1 Å². The van der Waals surface area contributed by atoms with Crippen molar-refractivity contribution >= 4 is 11.8 Å². The van der Waals surface area contributed by atoms with Crippen LogP contribution >= 0.6 is 0 Å². The number of fused-ring (bicyclic) bond motifs is 1. The Balaban J connectivity index is 1.90. The van der Waals surface area contributed by atoms with Crippen molar-refractivity contribution in [2.24, 2.45) is 11.8 Å². The van der Waals surface area contributed by atoms with Gasteiger partial charge in [-0.2, -0.15) is 0 Å². The number of halogens is 1. The number of aromatic carboxylic acids is 1. The molecule has 1 aliphatic heterocycles. The fourth-order valence-electron chi connectivity index (χ4n) is 3.25. The lowest BCUT2D eigenvalue weighted by atomic mass is 10.0. The van der Waals surface area contributed by atoms with Crippen LogP contribution in [-0.4, -0.2) is 29.1 Å². The summed E-state index contributed by atoms with van der Waals surface area (Å²) in [5, 5.41) is 9.12. The molecule has 2 unspecified atom stereocenters. The van der Waals surface area contributed by atoms with Gasteiger partial charge in [-0.25, -0.2) is 14.2 Å². The van der Waals surface area contributed by atoms with Crippen molar-refractivity contribution in [1.29, 1.82) is 0 Å². The molecule has 2 atom stereocenters. The largest absolute Gasteiger partial charge is 0.478 e. The molecule has 1 aromatic rings. The maximum Gasteiger partial charge on any atom is 0.339 e. The second kappa shape index (κ2) is 4.23. The molecule has 0 spiro atoms. The van der Waals surface area contributed by atoms with E-state index in [2.05, 4.69) is 4.98 Å². The minimum absolute atomic E-state index is 0.0324. The second-order valence-electron chi connectivity index (χ2n) is 5.19. The van der Waals surface area contributed by atoms with Crippen LogP contribution in [0.15, 0.2) is 12.3 Å². The van der Waals surface area contributed by atoms with Crippen molar-refractivity contribution < 1.29 is 14.3 Å². The highest BCUT2D eigenvalue weighted by Crippen LogP contribution is 2.39. The van der Waals surface area contributed by atoms with Gasteiger partial charge >= 0.3 is 5.97 Å². The summed E-state index contributed by atoms with van der Waals surface area (Å²) < 4.78 is 13.1. The van der Waals surface area contributed by atoms with Gasteiger partial charge in [0.05, 0.1) is 6.20 Å². The molecule has 0 bridgehead atoms. The Morgan fingerprint density at radius 3 is 2.67 bits per heavy atom. The van der Waals surface area contributed by atoms with E-state index in [1.54, 1.807) is 0 Å². The molecule has 1 aliphatic carbocycles. The Morgan fingerprint density at radius 2 is 2.06 bits per heavy atom. The molecule has 0 aromatic carbocycles. The Labute approximate surface area is 104 Å². The van der Waals surface area contributed by atoms with Gasteiger partial charge in [-0.3, -0.25) is 0 Å². The summed E-state index contributed by atoms with van der Waals surface area (Å²) in [6.07, 6.45) is 4.79. The molecule has 18 heavy (non-hydrogen) atoms. The number of carbonyl (C=O) groups is 1. The number of nitrogens with zero attached hydrogens (tertiary/aromatic N) is 2. The summed E-state index contributed by atoms with van der Waals surface area (Å²) in [7, 11) is 0. The van der Waals surface area contributed by atoms with Crippen LogP contribution in [0.1, 0.15) is 29.6 Å². The van der Waals surface area contributed by atoms with Crippen LogP contribution in [0.5, 0.6) is 0 Å². The Hall–Kier alpha value is -1.65. The Bertz CT molecular complexity index is 480. The summed E-state index contributed by atoms with van der Waals surface area (Å²) in [4.78, 5) is 17.1. The fourth-order valence-corrected chi connectivity index (χ4v) is 3.25. The van der Waals surface area contributed by atoms with E-state index in [1.807, 2.05) is 4.90 Å². The lowest BCUT2D eigenvalue weighted by molar-refractivity contribution is 0.0696. The minimum atomic E-state index is -1.12. The van der Waals surface area contributed by atoms with Crippen LogP contribution in [0.3, 0.4) is 0 Å². The highest BCUT2D eigenvalue weighted by Gasteiger charge is 2.37. The summed E-state index contributed by atoms with van der Waals surface area (Å²) in [6, 6.07) is 1.05. The number of carboxylic acid groups (broad SMARTS) is 1. The van der Waals surface area contributed by atoms with Gasteiger partial charge in [0.25, 0.3) is 0 Å². The van der Waals surface area contributed by atoms with Crippen LogP contribution in [0.25, 0.3) is 0 Å². The van der Waals surface area contributed by atoms with Crippen molar-refractivity contribution in [3.63, 3.8) is 0 Å². The van der Waals surface area contributed by atoms with E-state index in [0.717, 1.165) is 25.4 Å². The van der Waals surface area contributed by atoms with Gasteiger partial charge in [0.15, 0.2) is 0 Å². The summed E-state index contributed by atoms with van der Waals surface area (Å²) in [5.41, 5.74) is -0.0324. The summed E-state index contributed by atoms with van der Waals surface area (Å²) in [5.74, 6) is -0.0000959. The fraction of sp³-hybridized carbons (Fsp3) is 0.538. The van der Waals surface area contributed by atoms with Crippen LogP contribution in [0.2, 0.25) is 0 Å². The van der Waals surface area contributed by atoms with Gasteiger partial charge in [-0.1, -0.05) is 6.42 Å². The highest BCUT2D eigenvalue weighted by molar-refractivity contribution is 5.93. The number of hydrogen-bond donors (Lipinski definition) is 1. The van der Waals surface area contributed by atoms with Gasteiger partial charge in [-0.05, 0) is 30.7 Å². The number of hydrogen-bond acceptors (Lipinski definition) is 3. The Kier molecular flexibility index (Phi) is 2.69. The third-order valence-corrected chi connectivity index (χ3v) is 4.09. The van der Waals surface area contributed by atoms with E-state index >= 15 is 0 Å². The number of anilines is 1. The first-order valence-electron chi connectivity index (χ1n) is 6.29. The van der Waals surface area contributed by atoms with E-state index in [9.17, 15) is 9.18 Å². The van der Waals surface area contributed by atoms with Gasteiger partial charge in [-0.15, -0.1) is 0 Å². The van der Waals surface area contributed by atoms with Gasteiger partial charge in [0.1, 0.15) is 17.2 Å². The van der Waals surface area contributed by atoms with Gasteiger partial charge in [0.2, 0.25) is 0 Å². The third kappa shape index (κ3) is 1.83. The zero-order valence-electron chi connectivity index (χ0n) is 9.97. The summed E-state index contributed by atoms with van der Waals surface area (Å²) >= 11 is 0. The van der Waals surface area contributed by atoms with E-state index in [0.29, 0.717) is 17.7 Å². The number of pyridine rings is 1. The molecule has 2 aliphatic rings. The predicted octanol–water partition coefficient (Wildman–Crippen LogP) is 2.16. The highest BCUT2D eigenvalue weighted by atomic mass is 19.1. The molecule has 1 N–H and O–H groups in total. The predicted molar refractivity (Wildman–Crippen MR) is 64.2 cm³/mol. The van der Waals surface area contributed by atoms with Crippen LogP contribution in [-0.2, 0) is 0 Å². The first-order valence-corrected chi connectivity index (χ1v) is 6.29. The zero-order chi connectivity index (χ0) is 12.7. The molecular weight excluding hydrogens is 235 g/mol. The van der Waals surface area contributed by atoms with E-state index < -0.39 is 11.8 Å². The first kappa shape index (κ1) is 11.4. The summed E-state index contributed by atoms with van der Waals surface area (Å²) in [6.45, 7) is 1.70. The molecule has 1 saturated carbocycles. The lowest BCUT2D eigenvalue weighted by Gasteiger charge is -2.20. The molecule has 1 saturated heterocycles. The molecular formula is C13H15FN2O2. The lowest BCUT2D eigenvalue weighted by Crippen LogP contribution is -2.24. The Morgan fingerprint density at radius 1 is 1.39 bits per heavy atom. The van der Waals surface area contributed by atoms with Crippen molar-refractivity contribution in [1.82, 2.24) is 4.98 Å². The molecule has 5 heteroatoms. The SMILES string of the molecule is O=C(O)c1cc(F)cnc1N1CC2CCCC2C1. The monoisotopic (exact) mass is 250 g/mol. The number of rotatable bonds is 2. The van der Waals surface area contributed by atoms with Crippen LogP contribution in [0.4, 0.5) is 10.2 Å². The maximum atomic E-state index is 13.1. The molecule has 3 rings (SSSR count). The van der Waals surface area contributed by atoms with Crippen LogP contribution < -0.4 is 4.90 Å². The average Bonchev–Trinajstić information content (AvgIpc) is 2.88. The van der Waals surface area contributed by atoms with E-state index in [-0.39, 0.29) is 5.56 Å². The van der Waals surface area contributed by atoms with E-state index in [4.69, 9.17) is 5.11 Å². The molecule has 2 heterocycles. The molecule has 4 nitrogen and oxygen atoms in total. The molecule has 96 valence electrons. The standard InChI is InChI=1S/C13H15FN2O2/c14-10-4-11(13(17)18)12(15-5-10)16-6-8-2-1-3-9(8)7-16/h4-5,8-9H,1-3,6-7H2,(H,17,18). The minimum Gasteiger partial charge on any atom is -0.478 e. The molecule has 0 amide bonds. The number of aromatic nitrogens is 1. The normalized spacial score (nSPS) is 26.4. The van der Waals surface area contributed by atoms with Crippen molar-refractivity contribution in [3.8, 4) is 0 Å². The first-order chi connectivity index (χ1) is 8.65. The van der Waals surface area contributed by atoms with Crippen molar-refractivity contribution in [2.45, 2.75) is 19.3 Å². The average molecular weight is 250 g/mol. The second-order valence-corrected chi connectivity index (χ2v) is 5.19. The quantitative estimate of drug-likeness (QED) is 0.873. The van der Waals surface area contributed by atoms with Crippen molar-refractivity contribution in [3.05, 3.63) is 23.6 Å². The topological polar surface area (TPSA) is 53.4 Å². The maximum absolute atomic E-state index is 13.1. The van der Waals surface area contributed by atoms with Crippen LogP contribution in [0, 0.1) is 17.7 Å². The number of carboxylic acids is 1. The zero-order valence-corrected chi connectivity index (χ0v) is 9.97. The molecule has 2 fully saturated rings. The molecule has 0 radical (unpaired) electrons. The van der Waals surface area contributed by atoms with Gasteiger partial charge < -0.3 is 10.0 Å². The third-order valence-electron chi connectivity index (χ3n) is 4.09.